The van der Waals surface area contributed by atoms with Crippen molar-refractivity contribution in [3.8, 4) is 11.5 Å². The van der Waals surface area contributed by atoms with Crippen LogP contribution in [-0.2, 0) is 14.3 Å². The fraction of sp³-hybridized carbons (Fsp3) is 0.318. The van der Waals surface area contributed by atoms with Crippen molar-refractivity contribution in [2.75, 3.05) is 30.5 Å². The van der Waals surface area contributed by atoms with Crippen molar-refractivity contribution in [2.45, 2.75) is 27.2 Å². The van der Waals surface area contributed by atoms with Crippen LogP contribution in [0, 0.1) is 0 Å². The highest BCUT2D eigenvalue weighted by molar-refractivity contribution is 6.05. The van der Waals surface area contributed by atoms with Crippen molar-refractivity contribution in [3.63, 3.8) is 0 Å². The summed E-state index contributed by atoms with van der Waals surface area (Å²) in [6.45, 7) is 5.53. The van der Waals surface area contributed by atoms with E-state index < -0.39 is 18.5 Å². The minimum atomic E-state index is -0.513. The fourth-order valence-electron chi connectivity index (χ4n) is 2.52. The molecule has 0 fully saturated rings. The monoisotopic (exact) mass is 414 g/mol. The molecule has 2 aromatic carbocycles. The molecule has 0 bridgehead atoms. The Morgan fingerprint density at radius 3 is 1.93 bits per heavy atom. The van der Waals surface area contributed by atoms with Gasteiger partial charge in [0.05, 0.1) is 24.6 Å². The van der Waals surface area contributed by atoms with Crippen molar-refractivity contribution in [3.05, 3.63) is 48.0 Å². The summed E-state index contributed by atoms with van der Waals surface area (Å²) in [6.07, 6.45) is 0.182. The van der Waals surface area contributed by atoms with Crippen LogP contribution < -0.4 is 20.1 Å². The predicted molar refractivity (Wildman–Crippen MR) is 113 cm³/mol. The summed E-state index contributed by atoms with van der Waals surface area (Å²) in [6, 6.07) is 11.9. The maximum atomic E-state index is 12.6. The minimum Gasteiger partial charge on any atom is -0.492 e. The molecule has 8 nitrogen and oxygen atoms in total. The van der Waals surface area contributed by atoms with E-state index in [1.807, 2.05) is 13.0 Å². The average Bonchev–Trinajstić information content (AvgIpc) is 2.75. The van der Waals surface area contributed by atoms with Crippen LogP contribution >= 0.6 is 0 Å². The summed E-state index contributed by atoms with van der Waals surface area (Å²) in [7, 11) is 0. The lowest BCUT2D eigenvalue weighted by atomic mass is 10.2. The van der Waals surface area contributed by atoms with E-state index in [4.69, 9.17) is 14.2 Å². The second kappa shape index (κ2) is 11.5. The number of amides is 2. The van der Waals surface area contributed by atoms with Gasteiger partial charge in [-0.25, -0.2) is 0 Å². The highest BCUT2D eigenvalue weighted by Crippen LogP contribution is 2.37. The summed E-state index contributed by atoms with van der Waals surface area (Å²) in [5.74, 6) is -0.571. The van der Waals surface area contributed by atoms with E-state index in [0.717, 1.165) is 0 Å². The van der Waals surface area contributed by atoms with Crippen LogP contribution in [-0.4, -0.2) is 37.6 Å². The molecule has 0 unspecified atom stereocenters. The standard InChI is InChI=1S/C22H26N2O6/c1-4-21(26)30-14-20(25)23-16-12-19(29-6-3)17(13-18(16)28-5-2)24-22(27)15-10-8-7-9-11-15/h7-13H,4-6,14H2,1-3H3,(H,23,25)(H,24,27). The predicted octanol–water partition coefficient (Wildman–Crippen LogP) is 3.63. The lowest BCUT2D eigenvalue weighted by molar-refractivity contribution is -0.146. The Morgan fingerprint density at radius 2 is 1.40 bits per heavy atom. The number of rotatable bonds is 10. The topological polar surface area (TPSA) is 103 Å². The van der Waals surface area contributed by atoms with Crippen LogP contribution in [0.5, 0.6) is 11.5 Å². The number of nitrogens with one attached hydrogen (secondary N) is 2. The van der Waals surface area contributed by atoms with Gasteiger partial charge in [0, 0.05) is 24.1 Å². The third-order valence-corrected chi connectivity index (χ3v) is 3.89. The summed E-state index contributed by atoms with van der Waals surface area (Å²) < 4.78 is 16.1. The van der Waals surface area contributed by atoms with E-state index in [-0.39, 0.29) is 12.3 Å². The first-order valence-corrected chi connectivity index (χ1v) is 9.73. The van der Waals surface area contributed by atoms with Gasteiger partial charge in [-0.15, -0.1) is 0 Å². The van der Waals surface area contributed by atoms with Crippen molar-refractivity contribution < 1.29 is 28.6 Å². The van der Waals surface area contributed by atoms with Gasteiger partial charge in [0.2, 0.25) is 0 Å². The molecular weight excluding hydrogens is 388 g/mol. The Balaban J connectivity index is 2.28. The van der Waals surface area contributed by atoms with Gasteiger partial charge in [-0.3, -0.25) is 14.4 Å². The molecule has 0 spiro atoms. The number of hydrogen-bond donors (Lipinski definition) is 2. The van der Waals surface area contributed by atoms with Crippen LogP contribution in [0.3, 0.4) is 0 Å². The van der Waals surface area contributed by atoms with E-state index in [9.17, 15) is 14.4 Å². The molecule has 2 aromatic rings. The summed E-state index contributed by atoms with van der Waals surface area (Å²) in [5.41, 5.74) is 1.24. The van der Waals surface area contributed by atoms with Crippen molar-refractivity contribution in [2.24, 2.45) is 0 Å². The molecule has 160 valence electrons. The smallest absolute Gasteiger partial charge is 0.306 e. The zero-order valence-corrected chi connectivity index (χ0v) is 17.3. The average molecular weight is 414 g/mol. The normalized spacial score (nSPS) is 10.1. The van der Waals surface area contributed by atoms with Gasteiger partial charge in [0.1, 0.15) is 11.5 Å². The molecule has 0 aliphatic heterocycles. The summed E-state index contributed by atoms with van der Waals surface area (Å²) in [4.78, 5) is 36.0. The molecule has 0 aliphatic carbocycles. The Kier molecular flexibility index (Phi) is 8.68. The molecule has 2 amide bonds. The molecule has 0 aromatic heterocycles. The number of hydrogen-bond acceptors (Lipinski definition) is 6. The number of carbonyl (C=O) groups excluding carboxylic acids is 3. The second-order valence-electron chi connectivity index (χ2n) is 6.09. The minimum absolute atomic E-state index is 0.182. The number of anilines is 2. The fourth-order valence-corrected chi connectivity index (χ4v) is 2.52. The molecule has 2 N–H and O–H groups in total. The van der Waals surface area contributed by atoms with E-state index in [1.54, 1.807) is 50.2 Å². The third-order valence-electron chi connectivity index (χ3n) is 3.89. The van der Waals surface area contributed by atoms with E-state index in [0.29, 0.717) is 41.7 Å². The molecule has 30 heavy (non-hydrogen) atoms. The van der Waals surface area contributed by atoms with Crippen molar-refractivity contribution >= 4 is 29.2 Å². The Bertz CT molecular complexity index is 883. The highest BCUT2D eigenvalue weighted by Gasteiger charge is 2.17. The van der Waals surface area contributed by atoms with Crippen LogP contribution in [0.4, 0.5) is 11.4 Å². The van der Waals surface area contributed by atoms with Gasteiger partial charge in [0.15, 0.2) is 6.61 Å². The van der Waals surface area contributed by atoms with Crippen molar-refractivity contribution in [1.82, 2.24) is 0 Å². The molecule has 0 heterocycles. The van der Waals surface area contributed by atoms with Gasteiger partial charge >= 0.3 is 5.97 Å². The van der Waals surface area contributed by atoms with Gasteiger partial charge in [-0.05, 0) is 26.0 Å². The van der Waals surface area contributed by atoms with Crippen LogP contribution in [0.1, 0.15) is 37.6 Å². The van der Waals surface area contributed by atoms with Gasteiger partial charge < -0.3 is 24.8 Å². The van der Waals surface area contributed by atoms with Crippen LogP contribution in [0.25, 0.3) is 0 Å². The molecule has 0 aliphatic rings. The van der Waals surface area contributed by atoms with Crippen LogP contribution in [0.15, 0.2) is 42.5 Å². The van der Waals surface area contributed by atoms with Gasteiger partial charge in [0.25, 0.3) is 11.8 Å². The number of esters is 1. The lowest BCUT2D eigenvalue weighted by Crippen LogP contribution is -2.21. The zero-order valence-electron chi connectivity index (χ0n) is 17.3. The second-order valence-corrected chi connectivity index (χ2v) is 6.09. The Hall–Kier alpha value is -3.55. The summed E-state index contributed by atoms with van der Waals surface area (Å²) >= 11 is 0. The summed E-state index contributed by atoms with van der Waals surface area (Å²) in [5, 5.41) is 5.46. The number of carbonyl (C=O) groups is 3. The lowest BCUT2D eigenvalue weighted by Gasteiger charge is -2.18. The van der Waals surface area contributed by atoms with Crippen molar-refractivity contribution in [1.29, 1.82) is 0 Å². The van der Waals surface area contributed by atoms with Crippen LogP contribution in [0.2, 0.25) is 0 Å². The highest BCUT2D eigenvalue weighted by atomic mass is 16.5. The Labute approximate surface area is 175 Å². The van der Waals surface area contributed by atoms with Gasteiger partial charge in [-0.2, -0.15) is 0 Å². The maximum absolute atomic E-state index is 12.6. The van der Waals surface area contributed by atoms with E-state index in [1.165, 1.54) is 0 Å². The first-order chi connectivity index (χ1) is 14.5. The maximum Gasteiger partial charge on any atom is 0.306 e. The quantitative estimate of drug-likeness (QED) is 0.576. The zero-order chi connectivity index (χ0) is 21.9. The first-order valence-electron chi connectivity index (χ1n) is 9.73. The largest absolute Gasteiger partial charge is 0.492 e. The number of benzene rings is 2. The SMILES string of the molecule is CCOc1cc(NC(=O)c2ccccc2)c(OCC)cc1NC(=O)COC(=O)CC. The first kappa shape index (κ1) is 22.7. The molecule has 0 radical (unpaired) electrons. The van der Waals surface area contributed by atoms with E-state index in [2.05, 4.69) is 10.6 Å². The third kappa shape index (κ3) is 6.51. The number of ether oxygens (including phenoxy) is 3. The van der Waals surface area contributed by atoms with E-state index >= 15 is 0 Å². The molecule has 0 atom stereocenters. The molecule has 0 saturated carbocycles. The molecule has 8 heteroatoms. The molecule has 0 saturated heterocycles. The molecular formula is C22H26N2O6. The Morgan fingerprint density at radius 1 is 0.833 bits per heavy atom. The molecule has 2 rings (SSSR count). The van der Waals surface area contributed by atoms with Gasteiger partial charge in [-0.1, -0.05) is 25.1 Å².